The second kappa shape index (κ2) is 8.56. The molecule has 0 N–H and O–H groups in total. The summed E-state index contributed by atoms with van der Waals surface area (Å²) in [6, 6.07) is 5.73. The maximum absolute atomic E-state index is 5.65. The Morgan fingerprint density at radius 2 is 2.38 bits per heavy atom. The second-order valence-electron chi connectivity index (χ2n) is 3.70. The standard InChI is InChI=1S/C13H18INO/c1-2-3-6-12(8-9-14)11-16-13-7-4-5-10-15-13/h4-5,7-10,12H,2-3,6,11H2,1H3. The predicted octanol–water partition coefficient (Wildman–Crippen LogP) is 4.22. The topological polar surface area (TPSA) is 22.1 Å². The van der Waals surface area contributed by atoms with Crippen molar-refractivity contribution in [2.75, 3.05) is 6.61 Å². The van der Waals surface area contributed by atoms with Crippen LogP contribution in [-0.4, -0.2) is 11.6 Å². The fourth-order valence-electron chi connectivity index (χ4n) is 1.43. The maximum atomic E-state index is 5.65. The van der Waals surface area contributed by atoms with Crippen LogP contribution in [0.15, 0.2) is 34.6 Å². The summed E-state index contributed by atoms with van der Waals surface area (Å²) in [4.78, 5) is 4.14. The quantitative estimate of drug-likeness (QED) is 0.698. The van der Waals surface area contributed by atoms with E-state index in [-0.39, 0.29) is 0 Å². The minimum Gasteiger partial charge on any atom is -0.477 e. The zero-order valence-corrected chi connectivity index (χ0v) is 11.8. The molecule has 1 atom stereocenters. The fraction of sp³-hybridized carbons (Fsp3) is 0.462. The molecular formula is C13H18INO. The minimum atomic E-state index is 0.499. The minimum absolute atomic E-state index is 0.499. The van der Waals surface area contributed by atoms with E-state index in [1.165, 1.54) is 19.3 Å². The van der Waals surface area contributed by atoms with Crippen LogP contribution in [0.5, 0.6) is 5.88 Å². The van der Waals surface area contributed by atoms with E-state index in [2.05, 4.69) is 44.7 Å². The van der Waals surface area contributed by atoms with Gasteiger partial charge in [-0.15, -0.1) is 0 Å². The van der Waals surface area contributed by atoms with E-state index in [0.29, 0.717) is 11.8 Å². The Morgan fingerprint density at radius 3 is 3.00 bits per heavy atom. The van der Waals surface area contributed by atoms with Crippen molar-refractivity contribution in [3.8, 4) is 5.88 Å². The van der Waals surface area contributed by atoms with E-state index >= 15 is 0 Å². The molecule has 2 nitrogen and oxygen atoms in total. The molecule has 88 valence electrons. The molecule has 0 fully saturated rings. The Morgan fingerprint density at radius 1 is 1.50 bits per heavy atom. The number of unbranched alkanes of at least 4 members (excludes halogenated alkanes) is 1. The highest BCUT2D eigenvalue weighted by atomic mass is 127. The van der Waals surface area contributed by atoms with Crippen LogP contribution in [0.4, 0.5) is 0 Å². The highest BCUT2D eigenvalue weighted by molar-refractivity contribution is 14.1. The van der Waals surface area contributed by atoms with Gasteiger partial charge in [0.25, 0.3) is 0 Å². The monoisotopic (exact) mass is 331 g/mol. The van der Waals surface area contributed by atoms with Crippen LogP contribution in [0.2, 0.25) is 0 Å². The van der Waals surface area contributed by atoms with Gasteiger partial charge >= 0.3 is 0 Å². The van der Waals surface area contributed by atoms with Gasteiger partial charge in [-0.1, -0.05) is 54.5 Å². The molecule has 1 aromatic rings. The average molecular weight is 331 g/mol. The molecule has 16 heavy (non-hydrogen) atoms. The Kier molecular flexibility index (Phi) is 7.21. The first-order valence-corrected chi connectivity index (χ1v) is 6.92. The number of hydrogen-bond acceptors (Lipinski definition) is 2. The molecule has 1 unspecified atom stereocenters. The van der Waals surface area contributed by atoms with Crippen molar-refractivity contribution in [1.29, 1.82) is 0 Å². The van der Waals surface area contributed by atoms with Crippen LogP contribution in [0.3, 0.4) is 0 Å². The van der Waals surface area contributed by atoms with Crippen molar-refractivity contribution in [3.05, 3.63) is 34.6 Å². The summed E-state index contributed by atoms with van der Waals surface area (Å²) >= 11 is 2.26. The average Bonchev–Trinajstić information content (AvgIpc) is 2.34. The molecule has 0 amide bonds. The molecule has 0 aliphatic rings. The highest BCUT2D eigenvalue weighted by Crippen LogP contribution is 2.13. The summed E-state index contributed by atoms with van der Waals surface area (Å²) in [6.45, 7) is 2.93. The van der Waals surface area contributed by atoms with E-state index < -0.39 is 0 Å². The molecule has 0 spiro atoms. The van der Waals surface area contributed by atoms with Crippen molar-refractivity contribution in [2.45, 2.75) is 26.2 Å². The third-order valence-corrected chi connectivity index (χ3v) is 2.77. The van der Waals surface area contributed by atoms with E-state index in [0.717, 1.165) is 6.61 Å². The van der Waals surface area contributed by atoms with Crippen LogP contribution < -0.4 is 4.74 Å². The van der Waals surface area contributed by atoms with Crippen molar-refractivity contribution in [1.82, 2.24) is 4.98 Å². The number of aromatic nitrogens is 1. The smallest absolute Gasteiger partial charge is 0.213 e. The van der Waals surface area contributed by atoms with Crippen LogP contribution >= 0.6 is 22.6 Å². The summed E-state index contributed by atoms with van der Waals surface area (Å²) in [7, 11) is 0. The third kappa shape index (κ3) is 5.49. The Balaban J connectivity index is 2.37. The van der Waals surface area contributed by atoms with Gasteiger partial charge < -0.3 is 4.74 Å². The van der Waals surface area contributed by atoms with Gasteiger partial charge in [0.15, 0.2) is 0 Å². The van der Waals surface area contributed by atoms with Gasteiger partial charge in [-0.25, -0.2) is 4.98 Å². The molecule has 1 rings (SSSR count). The molecule has 1 aromatic heterocycles. The van der Waals surface area contributed by atoms with Crippen LogP contribution in [0, 0.1) is 5.92 Å². The molecule has 0 aliphatic heterocycles. The van der Waals surface area contributed by atoms with E-state index in [1.807, 2.05) is 18.2 Å². The second-order valence-corrected chi connectivity index (χ2v) is 4.42. The molecule has 0 saturated heterocycles. The number of ether oxygens (including phenoxy) is 1. The lowest BCUT2D eigenvalue weighted by molar-refractivity contribution is 0.257. The van der Waals surface area contributed by atoms with Crippen molar-refractivity contribution >= 4 is 22.6 Å². The van der Waals surface area contributed by atoms with Gasteiger partial charge in [0.05, 0.1) is 6.61 Å². The summed E-state index contributed by atoms with van der Waals surface area (Å²) < 4.78 is 7.72. The molecule has 0 aliphatic carbocycles. The Labute approximate surface area is 111 Å². The van der Waals surface area contributed by atoms with Gasteiger partial charge in [-0.2, -0.15) is 0 Å². The molecular weight excluding hydrogens is 313 g/mol. The third-order valence-electron chi connectivity index (χ3n) is 2.36. The van der Waals surface area contributed by atoms with Crippen LogP contribution in [-0.2, 0) is 0 Å². The van der Waals surface area contributed by atoms with Crippen molar-refractivity contribution < 1.29 is 4.74 Å². The lowest BCUT2D eigenvalue weighted by Crippen LogP contribution is -2.10. The normalized spacial score (nSPS) is 12.9. The number of nitrogens with zero attached hydrogens (tertiary/aromatic N) is 1. The van der Waals surface area contributed by atoms with E-state index in [9.17, 15) is 0 Å². The van der Waals surface area contributed by atoms with Gasteiger partial charge in [0.1, 0.15) is 0 Å². The van der Waals surface area contributed by atoms with Crippen molar-refractivity contribution in [3.63, 3.8) is 0 Å². The van der Waals surface area contributed by atoms with Crippen molar-refractivity contribution in [2.24, 2.45) is 5.92 Å². The zero-order chi connectivity index (χ0) is 11.6. The highest BCUT2D eigenvalue weighted by Gasteiger charge is 2.05. The molecule has 0 saturated carbocycles. The van der Waals surface area contributed by atoms with Crippen LogP contribution in [0.1, 0.15) is 26.2 Å². The molecule has 0 bridgehead atoms. The first kappa shape index (κ1) is 13.5. The number of hydrogen-bond donors (Lipinski definition) is 0. The fourth-order valence-corrected chi connectivity index (χ4v) is 2.02. The van der Waals surface area contributed by atoms with E-state index in [1.54, 1.807) is 6.20 Å². The van der Waals surface area contributed by atoms with Crippen LogP contribution in [0.25, 0.3) is 0 Å². The zero-order valence-electron chi connectivity index (χ0n) is 9.60. The maximum Gasteiger partial charge on any atom is 0.213 e. The molecule has 1 heterocycles. The Hall–Kier alpha value is -0.580. The van der Waals surface area contributed by atoms with Gasteiger partial charge in [0, 0.05) is 18.2 Å². The molecule has 3 heteroatoms. The summed E-state index contributed by atoms with van der Waals surface area (Å²) in [5, 5.41) is 0. The summed E-state index contributed by atoms with van der Waals surface area (Å²) in [5.74, 6) is 1.21. The van der Waals surface area contributed by atoms with Gasteiger partial charge in [0.2, 0.25) is 5.88 Å². The first-order chi connectivity index (χ1) is 7.86. The van der Waals surface area contributed by atoms with E-state index in [4.69, 9.17) is 4.74 Å². The van der Waals surface area contributed by atoms with Gasteiger partial charge in [-0.05, 0) is 16.6 Å². The lowest BCUT2D eigenvalue weighted by atomic mass is 10.0. The lowest BCUT2D eigenvalue weighted by Gasteiger charge is -2.12. The predicted molar refractivity (Wildman–Crippen MR) is 75.9 cm³/mol. The summed E-state index contributed by atoms with van der Waals surface area (Å²) in [6.07, 6.45) is 7.62. The number of pyridine rings is 1. The largest absolute Gasteiger partial charge is 0.477 e. The molecule has 0 radical (unpaired) electrons. The summed E-state index contributed by atoms with van der Waals surface area (Å²) in [5.41, 5.74) is 0. The first-order valence-electron chi connectivity index (χ1n) is 5.67. The Bertz CT molecular complexity index is 300. The number of halogens is 1. The van der Waals surface area contributed by atoms with Gasteiger partial charge in [-0.3, -0.25) is 0 Å². The molecule has 0 aromatic carbocycles. The number of rotatable bonds is 7. The SMILES string of the molecule is CCCCC(C=CI)COc1ccccn1.